The van der Waals surface area contributed by atoms with Crippen LogP contribution in [0.4, 0.5) is 4.39 Å². The van der Waals surface area contributed by atoms with Crippen molar-refractivity contribution in [2.75, 3.05) is 0 Å². The lowest BCUT2D eigenvalue weighted by molar-refractivity contribution is 0.617. The first kappa shape index (κ1) is 10.2. The van der Waals surface area contributed by atoms with E-state index in [9.17, 15) is 12.8 Å². The van der Waals surface area contributed by atoms with E-state index in [0.29, 0.717) is 0 Å². The van der Waals surface area contributed by atoms with Crippen molar-refractivity contribution in [1.82, 2.24) is 0 Å². The molecule has 1 aromatic rings. The Labute approximate surface area is 80.1 Å². The summed E-state index contributed by atoms with van der Waals surface area (Å²) >= 11 is 0. The van der Waals surface area contributed by atoms with Crippen molar-refractivity contribution in [2.24, 2.45) is 0 Å². The molecule has 0 N–H and O–H groups in total. The van der Waals surface area contributed by atoms with Crippen molar-refractivity contribution in [3.8, 4) is 0 Å². The van der Waals surface area contributed by atoms with Crippen LogP contribution in [0.5, 0.6) is 0 Å². The predicted octanol–water partition coefficient (Wildman–Crippen LogP) is 2.37. The number of rotatable bonds is 2. The van der Waals surface area contributed by atoms with Gasteiger partial charge in [0.15, 0.2) is 0 Å². The molecule has 0 atom stereocenters. The average Bonchev–Trinajstić information content (AvgIpc) is 2.01. The molecule has 0 aliphatic rings. The molecule has 2 nitrogen and oxygen atoms in total. The third-order valence-electron chi connectivity index (χ3n) is 1.32. The lowest BCUT2D eigenvalue weighted by Gasteiger charge is -1.93. The van der Waals surface area contributed by atoms with Crippen LogP contribution in [0, 0.1) is 5.82 Å². The monoisotopic (exact) mass is 220 g/mol. The Balaban J connectivity index is 3.00. The highest BCUT2D eigenvalue weighted by atomic mass is 35.7. The molecule has 0 unspecified atom stereocenters. The average molecular weight is 221 g/mol. The van der Waals surface area contributed by atoms with E-state index in [2.05, 4.69) is 0 Å². The molecule has 0 aliphatic heterocycles. The number of benzene rings is 1. The van der Waals surface area contributed by atoms with Gasteiger partial charge in [-0.05, 0) is 12.1 Å². The zero-order valence-electron chi connectivity index (χ0n) is 6.44. The van der Waals surface area contributed by atoms with E-state index in [0.717, 1.165) is 11.5 Å². The van der Waals surface area contributed by atoms with Crippen molar-refractivity contribution in [2.45, 2.75) is 0 Å². The number of hydrogen-bond donors (Lipinski definition) is 0. The Morgan fingerprint density at radius 2 is 1.92 bits per heavy atom. The second-order valence-corrected chi connectivity index (χ2v) is 4.81. The fraction of sp³-hybridized carbons (Fsp3) is 0. The van der Waals surface area contributed by atoms with Crippen LogP contribution in [0.2, 0.25) is 0 Å². The molecule has 13 heavy (non-hydrogen) atoms. The summed E-state index contributed by atoms with van der Waals surface area (Å²) in [4.78, 5) is 0. The maximum atomic E-state index is 12.9. The van der Waals surface area contributed by atoms with Gasteiger partial charge in [-0.2, -0.15) is 0 Å². The Morgan fingerprint density at radius 1 is 1.31 bits per heavy atom. The Morgan fingerprint density at radius 3 is 2.46 bits per heavy atom. The lowest BCUT2D eigenvalue weighted by Crippen LogP contribution is -1.82. The van der Waals surface area contributed by atoms with E-state index in [1.54, 1.807) is 6.07 Å². The van der Waals surface area contributed by atoms with E-state index in [-0.39, 0.29) is 5.56 Å². The van der Waals surface area contributed by atoms with Gasteiger partial charge in [0.2, 0.25) is 0 Å². The normalized spacial score (nSPS) is 12.2. The first-order valence-corrected chi connectivity index (χ1v) is 5.73. The minimum Gasteiger partial charge on any atom is -0.208 e. The van der Waals surface area contributed by atoms with Crippen molar-refractivity contribution >= 4 is 25.8 Å². The first-order chi connectivity index (χ1) is 5.99. The zero-order valence-corrected chi connectivity index (χ0v) is 8.02. The van der Waals surface area contributed by atoms with Crippen LogP contribution < -0.4 is 0 Å². The summed E-state index contributed by atoms with van der Waals surface area (Å²) < 4.78 is 33.8. The van der Waals surface area contributed by atoms with Gasteiger partial charge >= 0.3 is 0 Å². The van der Waals surface area contributed by atoms with E-state index in [4.69, 9.17) is 10.7 Å². The van der Waals surface area contributed by atoms with Crippen molar-refractivity contribution in [1.29, 1.82) is 0 Å². The molecule has 0 spiro atoms. The maximum Gasteiger partial charge on any atom is 0.254 e. The summed E-state index contributed by atoms with van der Waals surface area (Å²) in [6, 6.07) is 5.81. The summed E-state index contributed by atoms with van der Waals surface area (Å²) in [5, 5.41) is 0.743. The van der Waals surface area contributed by atoms with Gasteiger partial charge in [-0.1, -0.05) is 18.2 Å². The van der Waals surface area contributed by atoms with Crippen LogP contribution >= 0.6 is 10.7 Å². The van der Waals surface area contributed by atoms with Crippen molar-refractivity contribution < 1.29 is 12.8 Å². The van der Waals surface area contributed by atoms with Gasteiger partial charge in [-0.25, -0.2) is 12.8 Å². The van der Waals surface area contributed by atoms with E-state index >= 15 is 0 Å². The molecule has 0 radical (unpaired) electrons. The number of hydrogen-bond acceptors (Lipinski definition) is 2. The number of halogens is 2. The highest BCUT2D eigenvalue weighted by Crippen LogP contribution is 2.10. The van der Waals surface area contributed by atoms with Gasteiger partial charge in [-0.15, -0.1) is 0 Å². The molecule has 0 saturated heterocycles. The minimum atomic E-state index is -3.71. The van der Waals surface area contributed by atoms with Crippen LogP contribution in [0.3, 0.4) is 0 Å². The summed E-state index contributed by atoms with van der Waals surface area (Å²) in [5.41, 5.74) is 0.187. The highest BCUT2D eigenvalue weighted by molar-refractivity contribution is 8.16. The summed E-state index contributed by atoms with van der Waals surface area (Å²) in [6.45, 7) is 0. The van der Waals surface area contributed by atoms with Crippen molar-refractivity contribution in [3.05, 3.63) is 41.1 Å². The van der Waals surface area contributed by atoms with Crippen molar-refractivity contribution in [3.63, 3.8) is 0 Å². The topological polar surface area (TPSA) is 34.1 Å². The molecule has 5 heteroatoms. The fourth-order valence-electron chi connectivity index (χ4n) is 0.765. The second-order valence-electron chi connectivity index (χ2n) is 2.30. The molecule has 0 amide bonds. The standard InChI is InChI=1S/C8H6ClFO2S/c9-13(11,12)6-5-7-3-1-2-4-8(7)10/h1-6H. The molecular formula is C8H6ClFO2S. The van der Waals surface area contributed by atoms with Gasteiger partial charge in [0.05, 0.1) is 0 Å². The van der Waals surface area contributed by atoms with Gasteiger partial charge in [0.25, 0.3) is 9.05 Å². The first-order valence-electron chi connectivity index (χ1n) is 3.36. The third-order valence-corrected chi connectivity index (χ3v) is 2.09. The quantitative estimate of drug-likeness (QED) is 0.717. The maximum absolute atomic E-state index is 12.9. The predicted molar refractivity (Wildman–Crippen MR) is 50.2 cm³/mol. The molecule has 1 rings (SSSR count). The van der Waals surface area contributed by atoms with E-state index in [1.165, 1.54) is 18.2 Å². The Hall–Kier alpha value is -0.870. The molecular weight excluding hydrogens is 215 g/mol. The van der Waals surface area contributed by atoms with Gasteiger partial charge in [0.1, 0.15) is 5.82 Å². The lowest BCUT2D eigenvalue weighted by atomic mass is 10.2. The molecule has 0 aromatic heterocycles. The molecule has 0 fully saturated rings. The van der Waals surface area contributed by atoms with Crippen LogP contribution in [0.1, 0.15) is 5.56 Å². The van der Waals surface area contributed by atoms with Gasteiger partial charge < -0.3 is 0 Å². The summed E-state index contributed by atoms with van der Waals surface area (Å²) in [6.07, 6.45) is 1.11. The SMILES string of the molecule is O=S(=O)(Cl)C=Cc1ccccc1F. The van der Waals surface area contributed by atoms with Gasteiger partial charge in [-0.3, -0.25) is 0 Å². The molecule has 1 aromatic carbocycles. The third kappa shape index (κ3) is 3.57. The molecule has 70 valence electrons. The summed E-state index contributed by atoms with van der Waals surface area (Å²) in [7, 11) is 1.18. The van der Waals surface area contributed by atoms with Gasteiger partial charge in [0, 0.05) is 21.7 Å². The minimum absolute atomic E-state index is 0.187. The second kappa shape index (κ2) is 3.89. The Kier molecular flexibility index (Phi) is 3.06. The molecule has 0 heterocycles. The Bertz CT molecular complexity index is 426. The van der Waals surface area contributed by atoms with Crippen LogP contribution in [0.15, 0.2) is 29.7 Å². The molecule has 0 bridgehead atoms. The zero-order chi connectivity index (χ0) is 9.90. The highest BCUT2D eigenvalue weighted by Gasteiger charge is 1.99. The van der Waals surface area contributed by atoms with Crippen LogP contribution in [0.25, 0.3) is 6.08 Å². The molecule has 0 saturated carbocycles. The fourth-order valence-corrected chi connectivity index (χ4v) is 1.23. The van der Waals surface area contributed by atoms with E-state index in [1.807, 2.05) is 0 Å². The van der Waals surface area contributed by atoms with Crippen LogP contribution in [-0.2, 0) is 9.05 Å². The molecule has 0 aliphatic carbocycles. The smallest absolute Gasteiger partial charge is 0.208 e. The summed E-state index contributed by atoms with van der Waals surface area (Å²) in [5.74, 6) is -0.487. The largest absolute Gasteiger partial charge is 0.254 e. The van der Waals surface area contributed by atoms with E-state index < -0.39 is 14.9 Å². The van der Waals surface area contributed by atoms with Crippen LogP contribution in [-0.4, -0.2) is 8.42 Å².